The molecule has 1 aromatic rings. The molecule has 0 heterocycles. The summed E-state index contributed by atoms with van der Waals surface area (Å²) < 4.78 is 49.1. The second-order valence-corrected chi connectivity index (χ2v) is 8.95. The molecular formula is C11H15ClO5S2. The second kappa shape index (κ2) is 6.58. The van der Waals surface area contributed by atoms with Crippen LogP contribution < -0.4 is 4.74 Å². The van der Waals surface area contributed by atoms with Gasteiger partial charge in [-0.15, -0.1) is 0 Å². The SMILES string of the molecule is CS(=O)(=O)c1ccc(OCCCCS(=O)(=O)Cl)cc1. The first-order valence-electron chi connectivity index (χ1n) is 5.54. The Bertz CT molecular complexity index is 605. The number of rotatable bonds is 7. The minimum absolute atomic E-state index is 0.0784. The highest BCUT2D eigenvalue weighted by molar-refractivity contribution is 8.13. The van der Waals surface area contributed by atoms with E-state index >= 15 is 0 Å². The van der Waals surface area contributed by atoms with Gasteiger partial charge in [-0.05, 0) is 37.1 Å². The summed E-state index contributed by atoms with van der Waals surface area (Å²) in [5.41, 5.74) is 0. The van der Waals surface area contributed by atoms with Crippen molar-refractivity contribution in [2.75, 3.05) is 18.6 Å². The van der Waals surface area contributed by atoms with Crippen LogP contribution in [-0.4, -0.2) is 35.5 Å². The molecule has 8 heteroatoms. The van der Waals surface area contributed by atoms with Gasteiger partial charge < -0.3 is 4.74 Å². The molecule has 5 nitrogen and oxygen atoms in total. The molecule has 0 saturated carbocycles. The Morgan fingerprint density at radius 1 is 1.05 bits per heavy atom. The number of hydrogen-bond donors (Lipinski definition) is 0. The van der Waals surface area contributed by atoms with Gasteiger partial charge in [0.05, 0.1) is 17.3 Å². The molecule has 0 amide bonds. The molecule has 1 aromatic carbocycles. The van der Waals surface area contributed by atoms with Crippen LogP contribution in [0.4, 0.5) is 0 Å². The Morgan fingerprint density at radius 3 is 2.11 bits per heavy atom. The summed E-state index contributed by atoms with van der Waals surface area (Å²) in [7, 11) is -1.58. The molecule has 0 fully saturated rings. The van der Waals surface area contributed by atoms with Gasteiger partial charge in [-0.3, -0.25) is 0 Å². The fourth-order valence-electron chi connectivity index (χ4n) is 1.35. The number of halogens is 1. The van der Waals surface area contributed by atoms with E-state index in [1.807, 2.05) is 0 Å². The molecule has 0 spiro atoms. The van der Waals surface area contributed by atoms with Crippen LogP contribution in [0.1, 0.15) is 12.8 Å². The Balaban J connectivity index is 2.39. The molecule has 0 aliphatic rings. The van der Waals surface area contributed by atoms with Crippen molar-refractivity contribution in [1.82, 2.24) is 0 Å². The monoisotopic (exact) mass is 326 g/mol. The Morgan fingerprint density at radius 2 is 1.63 bits per heavy atom. The van der Waals surface area contributed by atoms with Crippen LogP contribution in [0.5, 0.6) is 5.75 Å². The molecule has 108 valence electrons. The van der Waals surface area contributed by atoms with Gasteiger partial charge in [0.1, 0.15) is 5.75 Å². The molecule has 0 aliphatic heterocycles. The number of unbranched alkanes of at least 4 members (excludes halogenated alkanes) is 1. The third kappa shape index (κ3) is 6.79. The van der Waals surface area contributed by atoms with Crippen molar-refractivity contribution in [3.63, 3.8) is 0 Å². The summed E-state index contributed by atoms with van der Waals surface area (Å²) in [4.78, 5) is 0.230. The third-order valence-electron chi connectivity index (χ3n) is 2.30. The first-order chi connectivity index (χ1) is 8.68. The fraction of sp³-hybridized carbons (Fsp3) is 0.455. The number of ether oxygens (including phenoxy) is 1. The van der Waals surface area contributed by atoms with E-state index in [-0.39, 0.29) is 10.6 Å². The highest BCUT2D eigenvalue weighted by atomic mass is 35.7. The van der Waals surface area contributed by atoms with Gasteiger partial charge >= 0.3 is 0 Å². The lowest BCUT2D eigenvalue weighted by atomic mass is 10.3. The van der Waals surface area contributed by atoms with Gasteiger partial charge in [0.15, 0.2) is 9.84 Å². The van der Waals surface area contributed by atoms with Crippen LogP contribution in [0.15, 0.2) is 29.2 Å². The summed E-state index contributed by atoms with van der Waals surface area (Å²) in [5.74, 6) is 0.464. The lowest BCUT2D eigenvalue weighted by Gasteiger charge is -2.06. The first kappa shape index (κ1) is 16.3. The highest BCUT2D eigenvalue weighted by Gasteiger charge is 2.07. The topological polar surface area (TPSA) is 77.5 Å². The number of sulfone groups is 1. The van der Waals surface area contributed by atoms with E-state index in [0.717, 1.165) is 6.26 Å². The summed E-state index contributed by atoms with van der Waals surface area (Å²) in [5, 5.41) is 0. The predicted molar refractivity (Wildman–Crippen MR) is 73.9 cm³/mol. The van der Waals surface area contributed by atoms with Gasteiger partial charge in [-0.2, -0.15) is 0 Å². The molecule has 19 heavy (non-hydrogen) atoms. The normalized spacial score (nSPS) is 12.3. The fourth-order valence-corrected chi connectivity index (χ4v) is 2.86. The van der Waals surface area contributed by atoms with Crippen molar-refractivity contribution < 1.29 is 21.6 Å². The van der Waals surface area contributed by atoms with Crippen LogP contribution in [0.2, 0.25) is 0 Å². The summed E-state index contributed by atoms with van der Waals surface area (Å²) in [6.07, 6.45) is 2.11. The molecular weight excluding hydrogens is 312 g/mol. The zero-order valence-electron chi connectivity index (χ0n) is 10.4. The standard InChI is InChI=1S/C11H15ClO5S2/c1-18(13,14)11-6-4-10(5-7-11)17-8-2-3-9-19(12,15)16/h4-7H,2-3,8-9H2,1H3. The van der Waals surface area contributed by atoms with Crippen LogP contribution in [-0.2, 0) is 18.9 Å². The molecule has 0 aromatic heterocycles. The molecule has 0 atom stereocenters. The highest BCUT2D eigenvalue weighted by Crippen LogP contribution is 2.16. The molecule has 0 N–H and O–H groups in total. The predicted octanol–water partition coefficient (Wildman–Crippen LogP) is 1.82. The Hall–Kier alpha value is -0.790. The summed E-state index contributed by atoms with van der Waals surface area (Å²) >= 11 is 0. The average molecular weight is 327 g/mol. The summed E-state index contributed by atoms with van der Waals surface area (Å²) in [6, 6.07) is 6.06. The van der Waals surface area contributed by atoms with Gasteiger partial charge in [0.25, 0.3) is 0 Å². The van der Waals surface area contributed by atoms with Crippen LogP contribution >= 0.6 is 10.7 Å². The van der Waals surface area contributed by atoms with E-state index in [4.69, 9.17) is 15.4 Å². The summed E-state index contributed by atoms with van der Waals surface area (Å²) in [6.45, 7) is 0.352. The van der Waals surface area contributed by atoms with Gasteiger partial charge in [-0.1, -0.05) is 0 Å². The largest absolute Gasteiger partial charge is 0.494 e. The lowest BCUT2D eigenvalue weighted by molar-refractivity contribution is 0.309. The Labute approximate surface area is 117 Å². The number of benzene rings is 1. The Kier molecular flexibility index (Phi) is 5.64. The van der Waals surface area contributed by atoms with E-state index in [9.17, 15) is 16.8 Å². The van der Waals surface area contributed by atoms with Crippen molar-refractivity contribution in [2.24, 2.45) is 0 Å². The minimum atomic E-state index is -3.44. The number of hydrogen-bond acceptors (Lipinski definition) is 5. The average Bonchev–Trinajstić information content (AvgIpc) is 2.26. The van der Waals surface area contributed by atoms with Crippen molar-refractivity contribution in [2.45, 2.75) is 17.7 Å². The van der Waals surface area contributed by atoms with Crippen LogP contribution in [0, 0.1) is 0 Å². The first-order valence-corrected chi connectivity index (χ1v) is 9.91. The maximum atomic E-state index is 11.2. The zero-order valence-corrected chi connectivity index (χ0v) is 12.8. The van der Waals surface area contributed by atoms with Gasteiger partial charge in [0.2, 0.25) is 9.05 Å². The van der Waals surface area contributed by atoms with E-state index in [0.29, 0.717) is 25.2 Å². The molecule has 0 aliphatic carbocycles. The van der Waals surface area contributed by atoms with Crippen molar-refractivity contribution in [1.29, 1.82) is 0 Å². The van der Waals surface area contributed by atoms with Crippen molar-refractivity contribution >= 4 is 29.6 Å². The van der Waals surface area contributed by atoms with E-state index in [1.165, 1.54) is 12.1 Å². The molecule has 1 rings (SSSR count). The van der Waals surface area contributed by atoms with Crippen LogP contribution in [0.3, 0.4) is 0 Å². The zero-order chi connectivity index (χ0) is 14.5. The third-order valence-corrected chi connectivity index (χ3v) is 4.67. The maximum absolute atomic E-state index is 11.2. The maximum Gasteiger partial charge on any atom is 0.232 e. The smallest absolute Gasteiger partial charge is 0.232 e. The van der Waals surface area contributed by atoms with E-state index < -0.39 is 18.9 Å². The van der Waals surface area contributed by atoms with Crippen molar-refractivity contribution in [3.8, 4) is 5.75 Å². The van der Waals surface area contributed by atoms with Crippen molar-refractivity contribution in [3.05, 3.63) is 24.3 Å². The van der Waals surface area contributed by atoms with Gasteiger partial charge in [0, 0.05) is 16.9 Å². The van der Waals surface area contributed by atoms with Crippen LogP contribution in [0.25, 0.3) is 0 Å². The minimum Gasteiger partial charge on any atom is -0.494 e. The molecule has 0 saturated heterocycles. The molecule has 0 bridgehead atoms. The van der Waals surface area contributed by atoms with E-state index in [1.54, 1.807) is 12.1 Å². The lowest BCUT2D eigenvalue weighted by Crippen LogP contribution is -2.02. The molecule has 0 unspecified atom stereocenters. The molecule has 0 radical (unpaired) electrons. The van der Waals surface area contributed by atoms with E-state index in [2.05, 4.69) is 0 Å². The second-order valence-electron chi connectivity index (χ2n) is 4.04. The quantitative estimate of drug-likeness (QED) is 0.564. The van der Waals surface area contributed by atoms with Gasteiger partial charge in [-0.25, -0.2) is 16.8 Å².